The maximum absolute atomic E-state index is 13.3. The molecule has 24 heteroatoms. The number of pyridine rings is 6. The van der Waals surface area contributed by atoms with E-state index in [2.05, 4.69) is 44.1 Å². The number of anilines is 2. The molecule has 122 heavy (non-hydrogen) atoms. The van der Waals surface area contributed by atoms with Crippen molar-refractivity contribution in [1.82, 2.24) is 29.9 Å². The molecule has 23 nitrogen and oxygen atoms in total. The van der Waals surface area contributed by atoms with Gasteiger partial charge >= 0.3 is 0 Å². The van der Waals surface area contributed by atoms with E-state index in [0.717, 1.165) is 208 Å². The first-order chi connectivity index (χ1) is 59.5. The molecule has 21 rings (SSSR count). The van der Waals surface area contributed by atoms with E-state index in [1.54, 1.807) is 26.5 Å². The zero-order chi connectivity index (χ0) is 83.5. The van der Waals surface area contributed by atoms with Crippen LogP contribution in [0.3, 0.4) is 0 Å². The normalized spacial score (nSPS) is 16.4. The summed E-state index contributed by atoms with van der Waals surface area (Å²) in [7, 11) is 7.08. The quantitative estimate of drug-likeness (QED) is 0.0545. The second-order valence-corrected chi connectivity index (χ2v) is 32.3. The Morgan fingerprint density at radius 2 is 0.721 bits per heavy atom. The minimum absolute atomic E-state index is 0.179. The molecule has 0 unspecified atom stereocenters. The van der Waals surface area contributed by atoms with Crippen molar-refractivity contribution in [3.05, 3.63) is 275 Å². The lowest BCUT2D eigenvalue weighted by Crippen LogP contribution is -2.36. The first kappa shape index (κ1) is 79.8. The number of morpholine rings is 1. The number of carbonyl (C=O) groups is 4. The van der Waals surface area contributed by atoms with E-state index < -0.39 is 21.7 Å². The SMILES string of the molecule is CN(C)c1ccc(-c2cccc(CC(=O)C3(c4ccc5c(c4)OCO5)CC3)n2)cn1.COc1ccc(-c2cccc(CC(=O)C3(c4ccc5c(c4)OCO5)CC3)n2)cc1Cl.COc1ccc(-c2cccc(CC(=O)C3(c4ccc5c(c4)OCO5)CC3)n2)cn1.O=C(Cc1cccc(-c2ccc(N3CCOCC3)cc2)n1)C1(c2ccc3c(c2)OCO3)CC1. The molecule has 1 saturated heterocycles. The number of ether oxygens (including phenoxy) is 11. The number of Topliss-reactive ketones (excluding diaryl/α,β-unsaturated/α-hetero) is 4. The van der Waals surface area contributed by atoms with E-state index in [1.165, 1.54) is 5.69 Å². The molecule has 0 atom stereocenters. The molecular formula is C98H89ClN8O15. The van der Waals surface area contributed by atoms with Crippen LogP contribution in [0.4, 0.5) is 11.5 Å². The number of rotatable bonds is 24. The van der Waals surface area contributed by atoms with Gasteiger partial charge in [-0.15, -0.1) is 0 Å². The minimum Gasteiger partial charge on any atom is -0.495 e. The average Bonchev–Trinajstić information content (AvgIpc) is 1.61. The molecule has 4 saturated carbocycles. The van der Waals surface area contributed by atoms with Crippen LogP contribution < -0.4 is 57.2 Å². The van der Waals surface area contributed by atoms with Gasteiger partial charge in [-0.2, -0.15) is 0 Å². The number of ketones is 4. The van der Waals surface area contributed by atoms with Crippen LogP contribution in [-0.2, 0) is 71.3 Å². The monoisotopic (exact) mass is 1650 g/mol. The van der Waals surface area contributed by atoms with Crippen LogP contribution >= 0.6 is 11.6 Å². The third-order valence-electron chi connectivity index (χ3n) is 24.2. The summed E-state index contributed by atoms with van der Waals surface area (Å²) >= 11 is 6.25. The molecular weight excluding hydrogens is 1560 g/mol. The molecule has 5 fully saturated rings. The van der Waals surface area contributed by atoms with Gasteiger partial charge in [0.25, 0.3) is 0 Å². The van der Waals surface area contributed by atoms with E-state index in [4.69, 9.17) is 78.7 Å². The summed E-state index contributed by atoms with van der Waals surface area (Å²) < 4.78 is 59.3. The lowest BCUT2D eigenvalue weighted by Gasteiger charge is -2.28. The van der Waals surface area contributed by atoms with Crippen molar-refractivity contribution in [2.75, 3.05) is 91.6 Å². The Morgan fingerprint density at radius 1 is 0.377 bits per heavy atom. The smallest absolute Gasteiger partial charge is 0.231 e. The van der Waals surface area contributed by atoms with Gasteiger partial charge in [-0.3, -0.25) is 39.1 Å². The number of nitrogens with zero attached hydrogens (tertiary/aromatic N) is 8. The van der Waals surface area contributed by atoms with Crippen LogP contribution in [0, 0.1) is 0 Å². The summed E-state index contributed by atoms with van der Waals surface area (Å²) in [6.45, 7) is 4.31. The second-order valence-electron chi connectivity index (χ2n) is 31.9. The molecule has 5 aliphatic heterocycles. The molecule has 0 N–H and O–H groups in total. The van der Waals surface area contributed by atoms with Gasteiger partial charge in [0.05, 0.1) is 76.9 Å². The molecule has 12 aromatic rings. The largest absolute Gasteiger partial charge is 0.495 e. The number of carbonyl (C=O) groups excluding carboxylic acids is 4. The molecule has 618 valence electrons. The predicted molar refractivity (Wildman–Crippen MR) is 459 cm³/mol. The van der Waals surface area contributed by atoms with Crippen LogP contribution in [-0.4, -0.2) is 135 Å². The Labute approximate surface area is 711 Å². The third-order valence-corrected chi connectivity index (χ3v) is 24.5. The average molecular weight is 1650 g/mol. The number of aromatic nitrogens is 6. The summed E-state index contributed by atoms with van der Waals surface area (Å²) in [5.74, 6) is 8.68. The van der Waals surface area contributed by atoms with Gasteiger partial charge in [-0.1, -0.05) is 72.3 Å². The van der Waals surface area contributed by atoms with Gasteiger partial charge in [0, 0.05) is 122 Å². The van der Waals surface area contributed by atoms with E-state index in [1.807, 2.05) is 207 Å². The molecule has 6 aromatic heterocycles. The first-order valence-electron chi connectivity index (χ1n) is 41.0. The topological polar surface area (TPSA) is 254 Å². The molecule has 0 radical (unpaired) electrons. The van der Waals surface area contributed by atoms with Crippen molar-refractivity contribution < 1.29 is 71.3 Å². The molecule has 0 spiro atoms. The van der Waals surface area contributed by atoms with Crippen LogP contribution in [0.5, 0.6) is 57.6 Å². The van der Waals surface area contributed by atoms with Crippen molar-refractivity contribution >= 4 is 46.2 Å². The highest BCUT2D eigenvalue weighted by molar-refractivity contribution is 6.32. The Bertz CT molecular complexity index is 5950. The highest BCUT2D eigenvalue weighted by Gasteiger charge is 2.54. The van der Waals surface area contributed by atoms with Gasteiger partial charge in [-0.05, 0) is 219 Å². The molecule has 9 aliphatic rings. The lowest BCUT2D eigenvalue weighted by atomic mass is 9.88. The summed E-state index contributed by atoms with van der Waals surface area (Å²) in [6.07, 6.45) is 11.6. The van der Waals surface area contributed by atoms with Gasteiger partial charge in [0.1, 0.15) is 34.7 Å². The minimum atomic E-state index is -0.442. The first-order valence-corrected chi connectivity index (χ1v) is 41.4. The summed E-state index contributed by atoms with van der Waals surface area (Å²) in [5.41, 5.74) is 13.6. The van der Waals surface area contributed by atoms with Crippen molar-refractivity contribution in [1.29, 1.82) is 0 Å². The maximum Gasteiger partial charge on any atom is 0.231 e. The Hall–Kier alpha value is -13.3. The van der Waals surface area contributed by atoms with Crippen LogP contribution in [0.25, 0.3) is 45.0 Å². The van der Waals surface area contributed by atoms with Crippen molar-refractivity contribution in [3.63, 3.8) is 0 Å². The van der Waals surface area contributed by atoms with Gasteiger partial charge in [-0.25, -0.2) is 9.97 Å². The summed E-state index contributed by atoms with van der Waals surface area (Å²) in [6, 6.07) is 68.2. The van der Waals surface area contributed by atoms with E-state index in [-0.39, 0.29) is 56.7 Å². The highest BCUT2D eigenvalue weighted by atomic mass is 35.5. The fourth-order valence-corrected chi connectivity index (χ4v) is 16.7. The molecule has 0 bridgehead atoms. The van der Waals surface area contributed by atoms with E-state index in [9.17, 15) is 19.2 Å². The Kier molecular flexibility index (Phi) is 22.3. The van der Waals surface area contributed by atoms with Gasteiger partial charge < -0.3 is 61.9 Å². The number of benzene rings is 6. The Balaban J connectivity index is 0.000000111. The fourth-order valence-electron chi connectivity index (χ4n) is 16.4. The third kappa shape index (κ3) is 16.9. The van der Waals surface area contributed by atoms with Gasteiger partial charge in [0.2, 0.25) is 33.1 Å². The number of halogens is 1. The van der Waals surface area contributed by atoms with Crippen molar-refractivity contribution in [3.8, 4) is 103 Å². The Morgan fingerprint density at radius 3 is 1.05 bits per heavy atom. The van der Waals surface area contributed by atoms with Crippen LogP contribution in [0.2, 0.25) is 5.02 Å². The number of hydrogen-bond donors (Lipinski definition) is 0. The number of hydrogen-bond acceptors (Lipinski definition) is 23. The standard InChI is InChI=1S/C27H26N2O4.C24H20ClNO4.C24H23N3O3.C23H20N2O4/c30-26(27(10-11-27)20-6-9-24-25(16-20)33-18-32-24)17-21-2-1-3-23(28-21)19-4-7-22(8-5-19)29-12-14-31-15-13-29;1-28-20-7-5-15(11-18(20)25)19-4-2-3-17(26-19)13-23(27)24(9-10-24)16-6-8-21-22(12-16)30-14-29-21;1-27(2)23-9-6-16(14-25-23)19-5-3-4-18(26-19)13-22(28)24(10-11-24)17-7-8-20-21(12-17)30-15-29-20;1-27-22-8-5-15(13-24-22)18-4-2-3-17(25-18)12-21(26)23(9-10-23)16-6-7-19-20(11-16)29-14-28-19/h1-9,16H,10-15,17-18H2;2-8,11-12H,9-10,13-14H2,1H3;3-9,12,14H,10-11,13,15H2,1-2H3;2-8,11,13H,9-10,12,14H2,1H3. The van der Waals surface area contributed by atoms with Gasteiger partial charge in [0.15, 0.2) is 46.0 Å². The summed E-state index contributed by atoms with van der Waals surface area (Å²) in [4.78, 5) is 84.9. The summed E-state index contributed by atoms with van der Waals surface area (Å²) in [5, 5.41) is 0.526. The molecule has 11 heterocycles. The predicted octanol–water partition coefficient (Wildman–Crippen LogP) is 16.6. The number of fused-ring (bicyclic) bond motifs is 4. The zero-order valence-electron chi connectivity index (χ0n) is 68.1. The number of methoxy groups -OCH3 is 2. The van der Waals surface area contributed by atoms with Crippen molar-refractivity contribution in [2.45, 2.75) is 98.7 Å². The van der Waals surface area contributed by atoms with Crippen LogP contribution in [0.15, 0.2) is 225 Å². The second kappa shape index (κ2) is 34.1. The maximum atomic E-state index is 13.3. The van der Waals surface area contributed by atoms with E-state index >= 15 is 0 Å². The van der Waals surface area contributed by atoms with E-state index in [0.29, 0.717) is 47.4 Å². The zero-order valence-corrected chi connectivity index (χ0v) is 68.8. The van der Waals surface area contributed by atoms with Crippen LogP contribution in [0.1, 0.15) is 96.4 Å². The molecule has 4 aliphatic carbocycles. The van der Waals surface area contributed by atoms with Crippen molar-refractivity contribution in [2.24, 2.45) is 0 Å². The lowest BCUT2D eigenvalue weighted by molar-refractivity contribution is -0.121. The molecule has 0 amide bonds. The highest BCUT2D eigenvalue weighted by Crippen LogP contribution is 2.56. The molecule has 6 aromatic carbocycles. The fraction of sp³-hybridized carbons (Fsp3) is 0.286.